The van der Waals surface area contributed by atoms with Crippen LogP contribution in [0.25, 0.3) is 0 Å². The Labute approximate surface area is 152 Å². The molecule has 0 aliphatic carbocycles. The number of nitrogens with one attached hydrogen (secondary N) is 1. The summed E-state index contributed by atoms with van der Waals surface area (Å²) in [4.78, 5) is 33.8. The number of hydrogen-bond donors (Lipinski definition) is 3. The summed E-state index contributed by atoms with van der Waals surface area (Å²) in [5, 5.41) is 2.59. The van der Waals surface area contributed by atoms with Crippen LogP contribution in [0.5, 0.6) is 0 Å². The Morgan fingerprint density at radius 1 is 0.760 bits per heavy atom. The summed E-state index contributed by atoms with van der Waals surface area (Å²) in [6.07, 6.45) is 14.0. The molecule has 0 heterocycles. The van der Waals surface area contributed by atoms with Gasteiger partial charge in [-0.15, -0.1) is 0 Å². The van der Waals surface area contributed by atoms with Gasteiger partial charge in [0.2, 0.25) is 17.7 Å². The molecule has 0 saturated heterocycles. The van der Waals surface area contributed by atoms with Gasteiger partial charge in [0, 0.05) is 12.8 Å². The van der Waals surface area contributed by atoms with Crippen LogP contribution in [0.4, 0.5) is 0 Å². The van der Waals surface area contributed by atoms with Gasteiger partial charge >= 0.3 is 0 Å². The highest BCUT2D eigenvalue weighted by molar-refractivity contribution is 5.87. The minimum Gasteiger partial charge on any atom is -0.370 e. The van der Waals surface area contributed by atoms with Crippen molar-refractivity contribution in [3.63, 3.8) is 0 Å². The lowest BCUT2D eigenvalue weighted by Crippen LogP contribution is -2.44. The van der Waals surface area contributed by atoms with E-state index >= 15 is 0 Å². The number of primary amides is 2. The summed E-state index contributed by atoms with van der Waals surface area (Å²) in [5.41, 5.74) is 10.3. The fourth-order valence-corrected chi connectivity index (χ4v) is 2.79. The van der Waals surface area contributed by atoms with Crippen LogP contribution in [0.2, 0.25) is 0 Å². The second-order valence-corrected chi connectivity index (χ2v) is 6.81. The predicted octanol–water partition coefficient (Wildman–Crippen LogP) is 2.92. The van der Waals surface area contributed by atoms with Gasteiger partial charge in [0.05, 0.1) is 0 Å². The standard InChI is InChI=1S/C19H37N3O3/c1-2-3-4-5-6-7-8-9-10-11-12-13-18(24)22-16(19(21)25)14-15-17(20)23/h16H,2-15H2,1H3,(H2,20,23)(H2,21,25)(H,22,24)/t16-/m0/s1. The largest absolute Gasteiger partial charge is 0.370 e. The molecule has 0 bridgehead atoms. The van der Waals surface area contributed by atoms with E-state index in [2.05, 4.69) is 12.2 Å². The number of amides is 3. The van der Waals surface area contributed by atoms with E-state index in [0.717, 1.165) is 19.3 Å². The Bertz CT molecular complexity index is 386. The summed E-state index contributed by atoms with van der Waals surface area (Å²) >= 11 is 0. The van der Waals surface area contributed by atoms with E-state index < -0.39 is 17.9 Å². The molecule has 0 unspecified atom stereocenters. The topological polar surface area (TPSA) is 115 Å². The van der Waals surface area contributed by atoms with E-state index in [-0.39, 0.29) is 18.7 Å². The van der Waals surface area contributed by atoms with Gasteiger partial charge in [-0.25, -0.2) is 0 Å². The lowest BCUT2D eigenvalue weighted by Gasteiger charge is -2.14. The monoisotopic (exact) mass is 355 g/mol. The van der Waals surface area contributed by atoms with Crippen molar-refractivity contribution in [2.75, 3.05) is 0 Å². The molecule has 0 aliphatic heterocycles. The summed E-state index contributed by atoms with van der Waals surface area (Å²) in [6.45, 7) is 2.23. The third kappa shape index (κ3) is 15.7. The first kappa shape index (κ1) is 23.4. The van der Waals surface area contributed by atoms with Gasteiger partial charge in [-0.1, -0.05) is 71.1 Å². The number of rotatable bonds is 17. The van der Waals surface area contributed by atoms with Gasteiger partial charge in [-0.2, -0.15) is 0 Å². The number of nitrogens with two attached hydrogens (primary N) is 2. The predicted molar refractivity (Wildman–Crippen MR) is 101 cm³/mol. The average Bonchev–Trinajstić information content (AvgIpc) is 2.56. The van der Waals surface area contributed by atoms with Crippen LogP contribution in [-0.4, -0.2) is 23.8 Å². The molecule has 0 aromatic carbocycles. The first-order chi connectivity index (χ1) is 12.0. The Kier molecular flexibility index (Phi) is 14.9. The highest BCUT2D eigenvalue weighted by Gasteiger charge is 2.18. The molecule has 146 valence electrons. The number of hydrogen-bond acceptors (Lipinski definition) is 3. The zero-order valence-electron chi connectivity index (χ0n) is 15.9. The van der Waals surface area contributed by atoms with Crippen LogP contribution in [-0.2, 0) is 14.4 Å². The maximum Gasteiger partial charge on any atom is 0.240 e. The third-order valence-corrected chi connectivity index (χ3v) is 4.37. The van der Waals surface area contributed by atoms with Crippen LogP contribution >= 0.6 is 0 Å². The lowest BCUT2D eigenvalue weighted by molar-refractivity contribution is -0.128. The van der Waals surface area contributed by atoms with E-state index in [4.69, 9.17) is 11.5 Å². The molecule has 0 aliphatic rings. The molecule has 6 nitrogen and oxygen atoms in total. The van der Waals surface area contributed by atoms with Crippen molar-refractivity contribution in [3.8, 4) is 0 Å². The molecule has 0 radical (unpaired) electrons. The molecular formula is C19H37N3O3. The van der Waals surface area contributed by atoms with Crippen molar-refractivity contribution in [2.45, 2.75) is 103 Å². The second-order valence-electron chi connectivity index (χ2n) is 6.81. The molecule has 0 fully saturated rings. The van der Waals surface area contributed by atoms with Gasteiger partial charge < -0.3 is 16.8 Å². The number of carbonyl (C=O) groups excluding carboxylic acids is 3. The van der Waals surface area contributed by atoms with Crippen molar-refractivity contribution in [3.05, 3.63) is 0 Å². The SMILES string of the molecule is CCCCCCCCCCCCCC(=O)N[C@@H](CCC(N)=O)C(N)=O. The van der Waals surface area contributed by atoms with Crippen molar-refractivity contribution in [2.24, 2.45) is 11.5 Å². The summed E-state index contributed by atoms with van der Waals surface area (Å²) in [5.74, 6) is -1.33. The van der Waals surface area contributed by atoms with Gasteiger partial charge in [-0.05, 0) is 12.8 Å². The number of carbonyl (C=O) groups is 3. The second kappa shape index (κ2) is 15.9. The first-order valence-corrected chi connectivity index (χ1v) is 9.84. The normalized spacial score (nSPS) is 11.9. The molecule has 3 amide bonds. The summed E-state index contributed by atoms with van der Waals surface area (Å²) in [6, 6.07) is -0.812. The van der Waals surface area contributed by atoms with Crippen molar-refractivity contribution < 1.29 is 14.4 Å². The Morgan fingerprint density at radius 2 is 1.24 bits per heavy atom. The molecule has 5 N–H and O–H groups in total. The molecule has 0 spiro atoms. The minimum atomic E-state index is -0.812. The fourth-order valence-electron chi connectivity index (χ4n) is 2.79. The highest BCUT2D eigenvalue weighted by atomic mass is 16.2. The third-order valence-electron chi connectivity index (χ3n) is 4.37. The Hall–Kier alpha value is -1.59. The van der Waals surface area contributed by atoms with Gasteiger partial charge in [0.1, 0.15) is 6.04 Å². The van der Waals surface area contributed by atoms with Gasteiger partial charge in [0.25, 0.3) is 0 Å². The average molecular weight is 356 g/mol. The first-order valence-electron chi connectivity index (χ1n) is 9.84. The molecule has 6 heteroatoms. The van der Waals surface area contributed by atoms with E-state index in [0.29, 0.717) is 6.42 Å². The van der Waals surface area contributed by atoms with Crippen LogP contribution in [0, 0.1) is 0 Å². The molecule has 0 rings (SSSR count). The van der Waals surface area contributed by atoms with Crippen LogP contribution in [0.1, 0.15) is 96.8 Å². The van der Waals surface area contributed by atoms with Crippen molar-refractivity contribution >= 4 is 17.7 Å². The van der Waals surface area contributed by atoms with Crippen LogP contribution < -0.4 is 16.8 Å². The van der Waals surface area contributed by atoms with Crippen molar-refractivity contribution in [1.82, 2.24) is 5.32 Å². The van der Waals surface area contributed by atoms with Gasteiger partial charge in [-0.3, -0.25) is 14.4 Å². The fraction of sp³-hybridized carbons (Fsp3) is 0.842. The van der Waals surface area contributed by atoms with Crippen molar-refractivity contribution in [1.29, 1.82) is 0 Å². The van der Waals surface area contributed by atoms with Crippen LogP contribution in [0.15, 0.2) is 0 Å². The summed E-state index contributed by atoms with van der Waals surface area (Å²) in [7, 11) is 0. The minimum absolute atomic E-state index is 0.0341. The van der Waals surface area contributed by atoms with E-state index in [1.54, 1.807) is 0 Å². The maximum atomic E-state index is 11.8. The highest BCUT2D eigenvalue weighted by Crippen LogP contribution is 2.12. The zero-order chi connectivity index (χ0) is 18.9. The zero-order valence-corrected chi connectivity index (χ0v) is 15.9. The Morgan fingerprint density at radius 3 is 1.68 bits per heavy atom. The van der Waals surface area contributed by atoms with E-state index in [1.165, 1.54) is 51.4 Å². The Balaban J connectivity index is 3.58. The smallest absolute Gasteiger partial charge is 0.240 e. The molecular weight excluding hydrogens is 318 g/mol. The molecule has 0 aromatic rings. The number of unbranched alkanes of at least 4 members (excludes halogenated alkanes) is 10. The molecule has 1 atom stereocenters. The van der Waals surface area contributed by atoms with E-state index in [1.807, 2.05) is 0 Å². The summed E-state index contributed by atoms with van der Waals surface area (Å²) < 4.78 is 0. The van der Waals surface area contributed by atoms with Crippen LogP contribution in [0.3, 0.4) is 0 Å². The van der Waals surface area contributed by atoms with Gasteiger partial charge in [0.15, 0.2) is 0 Å². The quantitative estimate of drug-likeness (QED) is 0.348. The molecule has 0 aromatic heterocycles. The van der Waals surface area contributed by atoms with E-state index in [9.17, 15) is 14.4 Å². The lowest BCUT2D eigenvalue weighted by atomic mass is 10.0. The maximum absolute atomic E-state index is 11.8. The molecule has 25 heavy (non-hydrogen) atoms. The molecule has 0 saturated carbocycles.